The van der Waals surface area contributed by atoms with Gasteiger partial charge in [-0.25, -0.2) is 4.98 Å². The van der Waals surface area contributed by atoms with Crippen LogP contribution in [0.15, 0.2) is 6.20 Å². The Bertz CT molecular complexity index is 341. The molecule has 3 heteroatoms. The number of aliphatic hydroxyl groups is 1. The summed E-state index contributed by atoms with van der Waals surface area (Å²) in [6.07, 6.45) is 7.09. The molecule has 0 spiro atoms. The fourth-order valence-electron chi connectivity index (χ4n) is 2.34. The van der Waals surface area contributed by atoms with Crippen molar-refractivity contribution in [1.29, 1.82) is 0 Å². The van der Waals surface area contributed by atoms with Gasteiger partial charge in [-0.05, 0) is 25.7 Å². The van der Waals surface area contributed by atoms with Gasteiger partial charge in [0.15, 0.2) is 0 Å². The van der Waals surface area contributed by atoms with E-state index in [1.807, 2.05) is 0 Å². The molecule has 0 radical (unpaired) electrons. The van der Waals surface area contributed by atoms with E-state index in [-0.39, 0.29) is 12.5 Å². The number of hydrogen-bond acceptors (Lipinski definition) is 2. The Kier molecular flexibility index (Phi) is 1.87. The van der Waals surface area contributed by atoms with Crippen LogP contribution in [0, 0.1) is 0 Å². The maximum absolute atomic E-state index is 9.25. The molecular weight excluding hydrogens is 176 g/mol. The Morgan fingerprint density at radius 3 is 3.00 bits per heavy atom. The third kappa shape index (κ3) is 1.27. The summed E-state index contributed by atoms with van der Waals surface area (Å²) >= 11 is 0. The predicted octanol–water partition coefficient (Wildman–Crippen LogP) is 1.63. The van der Waals surface area contributed by atoms with Crippen molar-refractivity contribution >= 4 is 0 Å². The minimum absolute atomic E-state index is 0.251. The van der Waals surface area contributed by atoms with Crippen molar-refractivity contribution in [1.82, 2.24) is 9.55 Å². The van der Waals surface area contributed by atoms with Gasteiger partial charge in [-0.3, -0.25) is 0 Å². The van der Waals surface area contributed by atoms with Crippen LogP contribution in [0.5, 0.6) is 0 Å². The summed E-state index contributed by atoms with van der Waals surface area (Å²) in [7, 11) is 0. The highest BCUT2D eigenvalue weighted by Gasteiger charge is 2.29. The summed E-state index contributed by atoms with van der Waals surface area (Å²) in [6.45, 7) is 1.34. The highest BCUT2D eigenvalue weighted by atomic mass is 16.3. The SMILES string of the molecule is OCC1CCCn2cc(C3CC3)nc21. The molecule has 1 aromatic heterocycles. The summed E-state index contributed by atoms with van der Waals surface area (Å²) < 4.78 is 2.25. The summed E-state index contributed by atoms with van der Waals surface area (Å²) in [5, 5.41) is 9.25. The molecule has 2 aliphatic rings. The molecule has 1 N–H and O–H groups in total. The standard InChI is InChI=1S/C11H16N2O/c14-7-9-2-1-5-13-6-10(8-3-4-8)12-11(9)13/h6,8-9,14H,1-5,7H2. The molecular formula is C11H16N2O. The molecule has 1 atom stereocenters. The summed E-state index contributed by atoms with van der Waals surface area (Å²) in [5.74, 6) is 2.14. The average molecular weight is 192 g/mol. The largest absolute Gasteiger partial charge is 0.396 e. The highest BCUT2D eigenvalue weighted by molar-refractivity contribution is 5.17. The third-order valence-electron chi connectivity index (χ3n) is 3.36. The zero-order chi connectivity index (χ0) is 9.54. The monoisotopic (exact) mass is 192 g/mol. The first-order chi connectivity index (χ1) is 6.88. The average Bonchev–Trinajstić information content (AvgIpc) is 2.97. The maximum Gasteiger partial charge on any atom is 0.114 e. The van der Waals surface area contributed by atoms with E-state index in [2.05, 4.69) is 15.7 Å². The van der Waals surface area contributed by atoms with Crippen molar-refractivity contribution in [2.45, 2.75) is 44.1 Å². The van der Waals surface area contributed by atoms with Gasteiger partial charge in [0.1, 0.15) is 5.82 Å². The summed E-state index contributed by atoms with van der Waals surface area (Å²) in [5.41, 5.74) is 1.26. The van der Waals surface area contributed by atoms with Crippen LogP contribution in [0.1, 0.15) is 49.0 Å². The molecule has 1 saturated carbocycles. The molecule has 1 aliphatic heterocycles. The smallest absolute Gasteiger partial charge is 0.114 e. The van der Waals surface area contributed by atoms with Gasteiger partial charge < -0.3 is 9.67 Å². The lowest BCUT2D eigenvalue weighted by Crippen LogP contribution is -2.18. The second-order valence-corrected chi connectivity index (χ2v) is 4.51. The van der Waals surface area contributed by atoms with Gasteiger partial charge in [-0.2, -0.15) is 0 Å². The molecule has 3 nitrogen and oxygen atoms in total. The lowest BCUT2D eigenvalue weighted by atomic mass is 10.0. The van der Waals surface area contributed by atoms with E-state index in [0.29, 0.717) is 0 Å². The van der Waals surface area contributed by atoms with Gasteiger partial charge in [0.2, 0.25) is 0 Å². The number of aryl methyl sites for hydroxylation is 1. The molecule has 0 aromatic carbocycles. The fraction of sp³-hybridized carbons (Fsp3) is 0.727. The number of nitrogens with zero attached hydrogens (tertiary/aromatic N) is 2. The van der Waals surface area contributed by atoms with Crippen LogP contribution in [-0.4, -0.2) is 21.3 Å². The first kappa shape index (κ1) is 8.48. The molecule has 0 saturated heterocycles. The van der Waals surface area contributed by atoms with Gasteiger partial charge in [-0.15, -0.1) is 0 Å². The van der Waals surface area contributed by atoms with Crippen LogP contribution >= 0.6 is 0 Å². The quantitative estimate of drug-likeness (QED) is 0.773. The third-order valence-corrected chi connectivity index (χ3v) is 3.36. The fourth-order valence-corrected chi connectivity index (χ4v) is 2.34. The van der Waals surface area contributed by atoms with Crippen LogP contribution < -0.4 is 0 Å². The van der Waals surface area contributed by atoms with Crippen molar-refractivity contribution in [3.63, 3.8) is 0 Å². The molecule has 14 heavy (non-hydrogen) atoms. The Hall–Kier alpha value is -0.830. The Morgan fingerprint density at radius 1 is 1.43 bits per heavy atom. The van der Waals surface area contributed by atoms with Gasteiger partial charge in [-0.1, -0.05) is 0 Å². The topological polar surface area (TPSA) is 38.0 Å². The van der Waals surface area contributed by atoms with Crippen LogP contribution in [0.4, 0.5) is 0 Å². The Morgan fingerprint density at radius 2 is 2.29 bits per heavy atom. The van der Waals surface area contributed by atoms with E-state index in [9.17, 15) is 5.11 Å². The Labute approximate surface area is 83.8 Å². The molecule has 2 heterocycles. The van der Waals surface area contributed by atoms with Gasteiger partial charge in [0.25, 0.3) is 0 Å². The van der Waals surface area contributed by atoms with Gasteiger partial charge in [0, 0.05) is 24.6 Å². The maximum atomic E-state index is 9.25. The van der Waals surface area contributed by atoms with E-state index < -0.39 is 0 Å². The zero-order valence-corrected chi connectivity index (χ0v) is 8.32. The summed E-state index contributed by atoms with van der Waals surface area (Å²) in [4.78, 5) is 4.67. The lowest BCUT2D eigenvalue weighted by molar-refractivity contribution is 0.238. The second-order valence-electron chi connectivity index (χ2n) is 4.51. The molecule has 1 unspecified atom stereocenters. The predicted molar refractivity (Wildman–Crippen MR) is 53.3 cm³/mol. The lowest BCUT2D eigenvalue weighted by Gasteiger charge is -2.21. The van der Waals surface area contributed by atoms with E-state index in [4.69, 9.17) is 0 Å². The van der Waals surface area contributed by atoms with Crippen molar-refractivity contribution in [2.75, 3.05) is 6.61 Å². The minimum Gasteiger partial charge on any atom is -0.396 e. The van der Waals surface area contributed by atoms with Crippen molar-refractivity contribution < 1.29 is 5.11 Å². The van der Waals surface area contributed by atoms with E-state index in [1.165, 1.54) is 25.0 Å². The normalized spacial score (nSPS) is 26.2. The molecule has 0 bridgehead atoms. The molecule has 1 fully saturated rings. The van der Waals surface area contributed by atoms with Crippen LogP contribution in [0.3, 0.4) is 0 Å². The molecule has 76 valence electrons. The minimum atomic E-state index is 0.251. The van der Waals surface area contributed by atoms with Crippen LogP contribution in [0.2, 0.25) is 0 Å². The van der Waals surface area contributed by atoms with E-state index in [0.717, 1.165) is 24.7 Å². The number of rotatable bonds is 2. The van der Waals surface area contributed by atoms with Crippen molar-refractivity contribution in [2.24, 2.45) is 0 Å². The zero-order valence-electron chi connectivity index (χ0n) is 8.32. The highest BCUT2D eigenvalue weighted by Crippen LogP contribution is 2.40. The number of aromatic nitrogens is 2. The second kappa shape index (κ2) is 3.09. The van der Waals surface area contributed by atoms with Crippen molar-refractivity contribution in [3.05, 3.63) is 17.7 Å². The number of aliphatic hydroxyl groups excluding tert-OH is 1. The van der Waals surface area contributed by atoms with Gasteiger partial charge in [0.05, 0.1) is 12.3 Å². The first-order valence-corrected chi connectivity index (χ1v) is 5.56. The van der Waals surface area contributed by atoms with Crippen molar-refractivity contribution in [3.8, 4) is 0 Å². The number of fused-ring (bicyclic) bond motifs is 1. The van der Waals surface area contributed by atoms with Crippen LogP contribution in [-0.2, 0) is 6.54 Å². The molecule has 1 aromatic rings. The molecule has 0 amide bonds. The first-order valence-electron chi connectivity index (χ1n) is 5.56. The molecule has 1 aliphatic carbocycles. The summed E-state index contributed by atoms with van der Waals surface area (Å²) in [6, 6.07) is 0. The Balaban J connectivity index is 1.95. The van der Waals surface area contributed by atoms with E-state index in [1.54, 1.807) is 0 Å². The number of hydrogen-bond donors (Lipinski definition) is 1. The van der Waals surface area contributed by atoms with Crippen LogP contribution in [0.25, 0.3) is 0 Å². The molecule has 3 rings (SSSR count). The van der Waals surface area contributed by atoms with Gasteiger partial charge >= 0.3 is 0 Å². The van der Waals surface area contributed by atoms with E-state index >= 15 is 0 Å². The number of imidazole rings is 1.